The predicted octanol–water partition coefficient (Wildman–Crippen LogP) is 5.66. The van der Waals surface area contributed by atoms with Crippen molar-refractivity contribution in [2.75, 3.05) is 61.3 Å². The van der Waals surface area contributed by atoms with Gasteiger partial charge in [-0.3, -0.25) is 34.1 Å². The largest absolute Gasteiger partial charge is 0.444 e. The van der Waals surface area contributed by atoms with Gasteiger partial charge in [0, 0.05) is 80.9 Å². The number of piperidine rings is 1. The van der Waals surface area contributed by atoms with Gasteiger partial charge < -0.3 is 24.9 Å². The van der Waals surface area contributed by atoms with Crippen LogP contribution in [0.2, 0.25) is 0 Å². The summed E-state index contributed by atoms with van der Waals surface area (Å²) in [4.78, 5) is 63.9. The number of anilines is 3. The number of piperazine rings is 1. The number of benzene rings is 1. The first-order chi connectivity index (χ1) is 29.6. The molecule has 0 unspecified atom stereocenters. The van der Waals surface area contributed by atoms with Crippen molar-refractivity contribution in [1.82, 2.24) is 34.9 Å². The van der Waals surface area contributed by atoms with Gasteiger partial charge in [0.25, 0.3) is 12.3 Å². The molecule has 0 bridgehead atoms. The van der Waals surface area contributed by atoms with E-state index in [2.05, 4.69) is 35.9 Å². The molecular weight excluding hydrogens is 833 g/mol. The summed E-state index contributed by atoms with van der Waals surface area (Å²) in [6.07, 6.45) is -1.10. The summed E-state index contributed by atoms with van der Waals surface area (Å²) in [7, 11) is 0. The molecule has 3 N–H and O–H groups in total. The Morgan fingerprint density at radius 3 is 2.31 bits per heavy atom. The summed E-state index contributed by atoms with van der Waals surface area (Å²) >= 11 is 0. The molecule has 0 spiro atoms. The summed E-state index contributed by atoms with van der Waals surface area (Å²) in [5, 5.41) is 10.8. The second-order valence-corrected chi connectivity index (χ2v) is 15.9. The number of nitrogens with zero attached hydrogens (tertiary/aromatic N) is 7. The SMILES string of the molecule is O=C1CC[C@H](c2c(F)cc(N3CC(C(=O)N4CCN(C5CCC(n6cc(NC(=O)c7coc(-c8ccnc(NCC(F)(F)F)c8)n7)c(C(F)F)n6)CC5)CC4)C3)cc2F)C(=O)N1. The monoisotopic (exact) mass is 874 g/mol. The minimum absolute atomic E-state index is 0.00941. The lowest BCUT2D eigenvalue weighted by atomic mass is 9.89. The highest BCUT2D eigenvalue weighted by atomic mass is 19.4. The van der Waals surface area contributed by atoms with Crippen LogP contribution in [0.1, 0.15) is 78.7 Å². The van der Waals surface area contributed by atoms with Gasteiger partial charge in [0.05, 0.1) is 23.6 Å². The van der Waals surface area contributed by atoms with Crippen LogP contribution >= 0.6 is 0 Å². The normalized spacial score (nSPS) is 21.5. The fraction of sp³-hybridized carbons (Fsp3) is 0.475. The van der Waals surface area contributed by atoms with E-state index < -0.39 is 60.1 Å². The molecular formula is C40H41F7N10O5. The molecule has 1 saturated carbocycles. The van der Waals surface area contributed by atoms with Crippen LogP contribution in [0, 0.1) is 17.6 Å². The molecule has 22 heteroatoms. The van der Waals surface area contributed by atoms with E-state index in [0.29, 0.717) is 39.0 Å². The number of nitrogens with one attached hydrogen (secondary N) is 3. The van der Waals surface area contributed by atoms with Crippen molar-refractivity contribution in [2.45, 2.75) is 69.1 Å². The van der Waals surface area contributed by atoms with Crippen LogP contribution in [0.15, 0.2) is 47.3 Å². The Labute approximate surface area is 349 Å². The van der Waals surface area contributed by atoms with Crippen molar-refractivity contribution < 1.29 is 54.3 Å². The second-order valence-electron chi connectivity index (χ2n) is 15.9. The van der Waals surface area contributed by atoms with E-state index in [-0.39, 0.29) is 89.7 Å². The van der Waals surface area contributed by atoms with Gasteiger partial charge in [-0.2, -0.15) is 18.3 Å². The number of oxazole rings is 1. The fourth-order valence-electron chi connectivity index (χ4n) is 8.55. The van der Waals surface area contributed by atoms with E-state index >= 15 is 8.78 Å². The van der Waals surface area contributed by atoms with E-state index in [9.17, 15) is 41.1 Å². The minimum atomic E-state index is -4.47. The third kappa shape index (κ3) is 9.24. The van der Waals surface area contributed by atoms with Crippen LogP contribution in [-0.2, 0) is 14.4 Å². The highest BCUT2D eigenvalue weighted by molar-refractivity contribution is 6.03. The summed E-state index contributed by atoms with van der Waals surface area (Å²) in [5.74, 6) is -5.49. The molecule has 6 heterocycles. The molecule has 62 heavy (non-hydrogen) atoms. The number of pyridine rings is 1. The standard InChI is InChI=1S/C40H41F7N10O5/c41-27-14-25(15-28(42)33(27)26-5-6-32(58)52-36(26)59)56-16-22(17-56)39(61)55-11-9-54(10-12-55)23-1-3-24(4-2-23)57-18-29(34(53-57)35(43)44)50-37(60)30-19-62-38(51-30)21-7-8-48-31(13-21)49-20-40(45,46)47/h7-8,13-15,18-19,22-24,26,35H,1-6,9-12,16-17,20H2,(H,48,49)(H,50,60)(H,52,58,59)/t23?,24?,26-/m1/s1. The van der Waals surface area contributed by atoms with Gasteiger partial charge >= 0.3 is 6.18 Å². The summed E-state index contributed by atoms with van der Waals surface area (Å²) in [6, 6.07) is 4.99. The van der Waals surface area contributed by atoms with Crippen molar-refractivity contribution in [1.29, 1.82) is 0 Å². The first-order valence-corrected chi connectivity index (χ1v) is 20.1. The average molecular weight is 875 g/mol. The number of halogens is 7. The summed E-state index contributed by atoms with van der Waals surface area (Å²) in [5.41, 5.74) is -0.937. The number of alkyl halides is 5. The van der Waals surface area contributed by atoms with Gasteiger partial charge in [-0.15, -0.1) is 0 Å². The number of rotatable bonds is 11. The number of amides is 4. The molecule has 3 aromatic heterocycles. The van der Waals surface area contributed by atoms with Crippen molar-refractivity contribution >= 4 is 40.8 Å². The Morgan fingerprint density at radius 1 is 0.952 bits per heavy atom. The topological polar surface area (TPSA) is 171 Å². The third-order valence-corrected chi connectivity index (χ3v) is 11.9. The maximum Gasteiger partial charge on any atom is 0.405 e. The van der Waals surface area contributed by atoms with Crippen molar-refractivity contribution in [3.63, 3.8) is 0 Å². The van der Waals surface area contributed by atoms with Crippen molar-refractivity contribution in [2.24, 2.45) is 5.92 Å². The van der Waals surface area contributed by atoms with E-state index in [4.69, 9.17) is 4.42 Å². The highest BCUT2D eigenvalue weighted by Crippen LogP contribution is 2.37. The van der Waals surface area contributed by atoms with Gasteiger partial charge in [-0.25, -0.2) is 27.5 Å². The molecule has 1 aliphatic carbocycles. The van der Waals surface area contributed by atoms with Crippen molar-refractivity contribution in [3.05, 3.63) is 71.5 Å². The minimum Gasteiger partial charge on any atom is -0.444 e. The highest BCUT2D eigenvalue weighted by Gasteiger charge is 2.39. The van der Waals surface area contributed by atoms with Gasteiger partial charge in [0.1, 0.15) is 30.3 Å². The molecule has 3 aliphatic heterocycles. The molecule has 1 aromatic carbocycles. The van der Waals surface area contributed by atoms with E-state index in [1.807, 2.05) is 0 Å². The maximum atomic E-state index is 15.1. The van der Waals surface area contributed by atoms with Crippen molar-refractivity contribution in [3.8, 4) is 11.5 Å². The number of imide groups is 1. The zero-order chi connectivity index (χ0) is 43.9. The number of hydrogen-bond donors (Lipinski definition) is 3. The molecule has 4 aliphatic rings. The lowest BCUT2D eigenvalue weighted by Gasteiger charge is -2.45. The smallest absolute Gasteiger partial charge is 0.405 e. The van der Waals surface area contributed by atoms with Gasteiger partial charge in [-0.1, -0.05) is 0 Å². The molecule has 1 atom stereocenters. The van der Waals surface area contributed by atoms with E-state index in [1.54, 1.807) is 9.80 Å². The Balaban J connectivity index is 0.800. The third-order valence-electron chi connectivity index (χ3n) is 11.9. The molecule has 330 valence electrons. The Hall–Kier alpha value is -6.06. The molecule has 4 amide bonds. The average Bonchev–Trinajstić information content (AvgIpc) is 3.89. The van der Waals surface area contributed by atoms with Crippen LogP contribution in [0.3, 0.4) is 0 Å². The van der Waals surface area contributed by atoms with Crippen LogP contribution in [0.25, 0.3) is 11.5 Å². The first-order valence-electron chi connectivity index (χ1n) is 20.1. The molecule has 4 aromatic rings. The van der Waals surface area contributed by atoms with Gasteiger partial charge in [-0.05, 0) is 56.4 Å². The quantitative estimate of drug-likeness (QED) is 0.126. The Morgan fingerprint density at radius 2 is 1.65 bits per heavy atom. The molecule has 0 radical (unpaired) electrons. The van der Waals surface area contributed by atoms with Crippen LogP contribution in [0.4, 0.5) is 47.9 Å². The van der Waals surface area contributed by atoms with Crippen LogP contribution < -0.4 is 20.9 Å². The van der Waals surface area contributed by atoms with Gasteiger partial charge in [0.15, 0.2) is 11.4 Å². The lowest BCUT2D eigenvalue weighted by Crippen LogP contribution is -2.59. The van der Waals surface area contributed by atoms with Gasteiger partial charge in [0.2, 0.25) is 23.6 Å². The molecule has 3 saturated heterocycles. The van der Waals surface area contributed by atoms with Crippen LogP contribution in [-0.4, -0.2) is 111 Å². The number of hydrogen-bond acceptors (Lipinski definition) is 11. The number of carbonyl (C=O) groups is 4. The van der Waals surface area contributed by atoms with E-state index in [0.717, 1.165) is 31.2 Å². The predicted molar refractivity (Wildman–Crippen MR) is 206 cm³/mol. The number of aromatic nitrogens is 4. The second kappa shape index (κ2) is 17.4. The fourth-order valence-corrected chi connectivity index (χ4v) is 8.55. The molecule has 8 rings (SSSR count). The first kappa shape index (κ1) is 42.6. The van der Waals surface area contributed by atoms with Crippen LogP contribution in [0.5, 0.6) is 0 Å². The summed E-state index contributed by atoms with van der Waals surface area (Å²) in [6.45, 7) is 1.57. The molecule has 15 nitrogen and oxygen atoms in total. The molecule has 4 fully saturated rings. The Kier molecular flexibility index (Phi) is 11.9. The maximum absolute atomic E-state index is 15.1. The number of carbonyl (C=O) groups excluding carboxylic acids is 4. The summed E-state index contributed by atoms with van der Waals surface area (Å²) < 4.78 is 103. The lowest BCUT2D eigenvalue weighted by molar-refractivity contribution is -0.138. The zero-order valence-electron chi connectivity index (χ0n) is 32.9. The zero-order valence-corrected chi connectivity index (χ0v) is 32.9. The Bertz CT molecular complexity index is 2310. The van der Waals surface area contributed by atoms with E-state index in [1.165, 1.54) is 29.2 Å².